The molecule has 5 heteroatoms. The highest BCUT2D eigenvalue weighted by Gasteiger charge is 2.15. The number of halogens is 1. The summed E-state index contributed by atoms with van der Waals surface area (Å²) >= 11 is 7.88. The predicted octanol–water partition coefficient (Wildman–Crippen LogP) is 3.79. The summed E-state index contributed by atoms with van der Waals surface area (Å²) in [6, 6.07) is 5.91. The first-order valence-electron chi connectivity index (χ1n) is 6.67. The van der Waals surface area contributed by atoms with E-state index in [4.69, 9.17) is 22.1 Å². The van der Waals surface area contributed by atoms with Gasteiger partial charge in [-0.1, -0.05) is 17.7 Å². The average Bonchev–Trinajstić information content (AvgIpc) is 2.85. The van der Waals surface area contributed by atoms with Gasteiger partial charge in [-0.25, -0.2) is 4.98 Å². The number of benzene rings is 1. The molecule has 0 aliphatic heterocycles. The quantitative estimate of drug-likeness (QED) is 0.883. The van der Waals surface area contributed by atoms with Crippen LogP contribution >= 0.6 is 22.9 Å². The van der Waals surface area contributed by atoms with Crippen LogP contribution in [-0.2, 0) is 6.42 Å². The SMILES string of the molecule is CCOc1ccc(CC(CN)c2nc(C)cs2)cc1Cl. The molecule has 0 amide bonds. The second-order valence-electron chi connectivity index (χ2n) is 4.66. The molecule has 0 aliphatic carbocycles. The Morgan fingerprint density at radius 1 is 1.45 bits per heavy atom. The van der Waals surface area contributed by atoms with E-state index < -0.39 is 0 Å². The van der Waals surface area contributed by atoms with E-state index in [0.29, 0.717) is 18.2 Å². The topological polar surface area (TPSA) is 48.1 Å². The van der Waals surface area contributed by atoms with Crippen LogP contribution in [0.2, 0.25) is 5.02 Å². The Hall–Kier alpha value is -1.10. The largest absolute Gasteiger partial charge is 0.492 e. The van der Waals surface area contributed by atoms with E-state index in [1.54, 1.807) is 11.3 Å². The molecular formula is C15H19ClN2OS. The van der Waals surface area contributed by atoms with Crippen LogP contribution in [0.5, 0.6) is 5.75 Å². The fourth-order valence-electron chi connectivity index (χ4n) is 2.06. The molecule has 2 N–H and O–H groups in total. The minimum absolute atomic E-state index is 0.239. The van der Waals surface area contributed by atoms with Gasteiger partial charge in [-0.15, -0.1) is 11.3 Å². The number of nitrogens with zero attached hydrogens (tertiary/aromatic N) is 1. The van der Waals surface area contributed by atoms with Gasteiger partial charge in [0.05, 0.1) is 16.6 Å². The number of ether oxygens (including phenoxy) is 1. The van der Waals surface area contributed by atoms with Crippen LogP contribution in [-0.4, -0.2) is 18.1 Å². The molecule has 0 radical (unpaired) electrons. The summed E-state index contributed by atoms with van der Waals surface area (Å²) in [5, 5.41) is 3.80. The van der Waals surface area contributed by atoms with Crippen molar-refractivity contribution in [3.63, 3.8) is 0 Å². The Labute approximate surface area is 128 Å². The Kier molecular flexibility index (Phi) is 5.40. The van der Waals surface area contributed by atoms with E-state index in [2.05, 4.69) is 10.4 Å². The molecule has 20 heavy (non-hydrogen) atoms. The van der Waals surface area contributed by atoms with Crippen LogP contribution in [0.3, 0.4) is 0 Å². The molecule has 1 atom stereocenters. The lowest BCUT2D eigenvalue weighted by Gasteiger charge is -2.13. The van der Waals surface area contributed by atoms with E-state index in [-0.39, 0.29) is 5.92 Å². The molecule has 0 saturated heterocycles. The molecule has 108 valence electrons. The number of hydrogen-bond donors (Lipinski definition) is 1. The van der Waals surface area contributed by atoms with Gasteiger partial charge in [0.2, 0.25) is 0 Å². The van der Waals surface area contributed by atoms with Gasteiger partial charge in [0.25, 0.3) is 0 Å². The Morgan fingerprint density at radius 2 is 2.25 bits per heavy atom. The lowest BCUT2D eigenvalue weighted by atomic mass is 10.00. The molecule has 2 aromatic rings. The van der Waals surface area contributed by atoms with Crippen molar-refractivity contribution in [1.29, 1.82) is 0 Å². The summed E-state index contributed by atoms with van der Waals surface area (Å²) in [5.41, 5.74) is 8.09. The number of nitrogens with two attached hydrogens (primary N) is 1. The standard InChI is InChI=1S/C15H19ClN2OS/c1-3-19-14-5-4-11(7-13(14)16)6-12(8-17)15-18-10(2)9-20-15/h4-5,7,9,12H,3,6,8,17H2,1-2H3. The fraction of sp³-hybridized carbons (Fsp3) is 0.400. The van der Waals surface area contributed by atoms with Crippen molar-refractivity contribution in [2.24, 2.45) is 5.73 Å². The minimum atomic E-state index is 0.239. The van der Waals surface area contributed by atoms with Gasteiger partial charge in [0.1, 0.15) is 5.75 Å². The highest BCUT2D eigenvalue weighted by atomic mass is 35.5. The van der Waals surface area contributed by atoms with Gasteiger partial charge in [-0.2, -0.15) is 0 Å². The fourth-order valence-corrected chi connectivity index (χ4v) is 3.23. The Bertz CT molecular complexity index is 571. The van der Waals surface area contributed by atoms with Gasteiger partial charge >= 0.3 is 0 Å². The van der Waals surface area contributed by atoms with Crippen molar-refractivity contribution < 1.29 is 4.74 Å². The first-order valence-corrected chi connectivity index (χ1v) is 7.93. The van der Waals surface area contributed by atoms with E-state index in [1.165, 1.54) is 0 Å². The molecule has 1 aromatic carbocycles. The molecule has 0 spiro atoms. The molecule has 1 unspecified atom stereocenters. The van der Waals surface area contributed by atoms with E-state index in [1.807, 2.05) is 32.0 Å². The maximum absolute atomic E-state index is 6.22. The van der Waals surface area contributed by atoms with Gasteiger partial charge in [-0.3, -0.25) is 0 Å². The molecule has 0 saturated carbocycles. The van der Waals surface area contributed by atoms with Crippen molar-refractivity contribution in [2.75, 3.05) is 13.2 Å². The summed E-state index contributed by atoms with van der Waals surface area (Å²) in [6.07, 6.45) is 0.843. The predicted molar refractivity (Wildman–Crippen MR) is 85.0 cm³/mol. The van der Waals surface area contributed by atoms with Crippen LogP contribution in [0, 0.1) is 6.92 Å². The van der Waals surface area contributed by atoms with Crippen LogP contribution in [0.15, 0.2) is 23.6 Å². The molecule has 2 rings (SSSR count). The van der Waals surface area contributed by atoms with E-state index in [9.17, 15) is 0 Å². The molecule has 1 heterocycles. The van der Waals surface area contributed by atoms with Crippen molar-refractivity contribution >= 4 is 22.9 Å². The zero-order chi connectivity index (χ0) is 14.5. The van der Waals surface area contributed by atoms with Crippen LogP contribution in [0.4, 0.5) is 0 Å². The number of thiazole rings is 1. The van der Waals surface area contributed by atoms with Crippen molar-refractivity contribution in [1.82, 2.24) is 4.98 Å². The third-order valence-electron chi connectivity index (χ3n) is 3.05. The number of hydrogen-bond acceptors (Lipinski definition) is 4. The Morgan fingerprint density at radius 3 is 2.80 bits per heavy atom. The van der Waals surface area contributed by atoms with Crippen molar-refractivity contribution in [3.8, 4) is 5.75 Å². The number of rotatable bonds is 6. The third-order valence-corrected chi connectivity index (χ3v) is 4.47. The second kappa shape index (κ2) is 7.07. The molecule has 3 nitrogen and oxygen atoms in total. The summed E-state index contributed by atoms with van der Waals surface area (Å²) in [4.78, 5) is 4.53. The average molecular weight is 311 g/mol. The van der Waals surface area contributed by atoms with Gasteiger partial charge in [-0.05, 0) is 38.0 Å². The van der Waals surface area contributed by atoms with E-state index >= 15 is 0 Å². The normalized spacial score (nSPS) is 12.4. The molecule has 1 aromatic heterocycles. The maximum atomic E-state index is 6.22. The minimum Gasteiger partial charge on any atom is -0.492 e. The lowest BCUT2D eigenvalue weighted by molar-refractivity contribution is 0.340. The first-order chi connectivity index (χ1) is 9.63. The van der Waals surface area contributed by atoms with Crippen LogP contribution < -0.4 is 10.5 Å². The Balaban J connectivity index is 2.13. The maximum Gasteiger partial charge on any atom is 0.137 e. The highest BCUT2D eigenvalue weighted by molar-refractivity contribution is 7.09. The number of aryl methyl sites for hydroxylation is 1. The van der Waals surface area contributed by atoms with Gasteiger partial charge < -0.3 is 10.5 Å². The zero-order valence-electron chi connectivity index (χ0n) is 11.7. The third kappa shape index (κ3) is 3.72. The smallest absolute Gasteiger partial charge is 0.137 e. The summed E-state index contributed by atoms with van der Waals surface area (Å²) in [5.74, 6) is 0.968. The molecule has 0 fully saturated rings. The van der Waals surface area contributed by atoms with E-state index in [0.717, 1.165) is 28.4 Å². The summed E-state index contributed by atoms with van der Waals surface area (Å²) in [7, 11) is 0. The molecular weight excluding hydrogens is 292 g/mol. The first kappa shape index (κ1) is 15.3. The van der Waals surface area contributed by atoms with Crippen LogP contribution in [0.25, 0.3) is 0 Å². The van der Waals surface area contributed by atoms with Gasteiger partial charge in [0.15, 0.2) is 0 Å². The van der Waals surface area contributed by atoms with Crippen LogP contribution in [0.1, 0.15) is 29.1 Å². The summed E-state index contributed by atoms with van der Waals surface area (Å²) < 4.78 is 5.44. The van der Waals surface area contributed by atoms with Gasteiger partial charge in [0, 0.05) is 23.5 Å². The summed E-state index contributed by atoms with van der Waals surface area (Å²) in [6.45, 7) is 5.14. The highest BCUT2D eigenvalue weighted by Crippen LogP contribution is 2.29. The zero-order valence-corrected chi connectivity index (χ0v) is 13.3. The molecule has 0 bridgehead atoms. The lowest BCUT2D eigenvalue weighted by Crippen LogP contribution is -2.15. The number of aromatic nitrogens is 1. The van der Waals surface area contributed by atoms with Crippen molar-refractivity contribution in [2.45, 2.75) is 26.2 Å². The second-order valence-corrected chi connectivity index (χ2v) is 5.96. The van der Waals surface area contributed by atoms with Crippen molar-refractivity contribution in [3.05, 3.63) is 44.9 Å². The monoisotopic (exact) mass is 310 g/mol. The molecule has 0 aliphatic rings.